The van der Waals surface area contributed by atoms with Crippen LogP contribution in [0.2, 0.25) is 0 Å². The van der Waals surface area contributed by atoms with Gasteiger partial charge in [-0.1, -0.05) is 6.92 Å². The maximum Gasteiger partial charge on any atom is 0.159 e. The largest absolute Gasteiger partial charge is 0.496 e. The van der Waals surface area contributed by atoms with Crippen LogP contribution in [-0.4, -0.2) is 44.2 Å². The van der Waals surface area contributed by atoms with Gasteiger partial charge in [-0.2, -0.15) is 0 Å². The molecule has 2 heterocycles. The Morgan fingerprint density at radius 1 is 1.38 bits per heavy atom. The molecule has 1 atom stereocenters. The van der Waals surface area contributed by atoms with Crippen molar-refractivity contribution in [3.05, 3.63) is 23.0 Å². The van der Waals surface area contributed by atoms with Crippen molar-refractivity contribution in [2.24, 2.45) is 0 Å². The van der Waals surface area contributed by atoms with Crippen molar-refractivity contribution in [2.45, 2.75) is 45.9 Å². The third-order valence-electron chi connectivity index (χ3n) is 3.85. The maximum atomic E-state index is 5.55. The molecular weight excluding hydrogens is 268 g/mol. The van der Waals surface area contributed by atoms with E-state index in [4.69, 9.17) is 14.2 Å². The van der Waals surface area contributed by atoms with Crippen LogP contribution in [0.25, 0.3) is 0 Å². The van der Waals surface area contributed by atoms with Gasteiger partial charge in [0.1, 0.15) is 5.75 Å². The van der Waals surface area contributed by atoms with E-state index >= 15 is 0 Å². The zero-order valence-electron chi connectivity index (χ0n) is 13.4. The van der Waals surface area contributed by atoms with Crippen LogP contribution in [0.15, 0.2) is 6.20 Å². The summed E-state index contributed by atoms with van der Waals surface area (Å²) >= 11 is 0. The first-order chi connectivity index (χ1) is 10.2. The molecule has 0 aromatic carbocycles. The van der Waals surface area contributed by atoms with Gasteiger partial charge in [0.05, 0.1) is 20.3 Å². The summed E-state index contributed by atoms with van der Waals surface area (Å²) in [6.07, 6.45) is 3.47. The first-order valence-corrected chi connectivity index (χ1v) is 7.61. The van der Waals surface area contributed by atoms with Crippen molar-refractivity contribution in [1.29, 1.82) is 0 Å². The second-order valence-corrected chi connectivity index (χ2v) is 5.41. The lowest BCUT2D eigenvalue weighted by atomic mass is 10.0. The highest BCUT2D eigenvalue weighted by atomic mass is 16.7. The standard InChI is InChI=1S/C16H26N2O3/c1-5-17-13(9-15-20-6-7-21-15)8-14-12(3)16(19-4)11(2)10-18-14/h10,13,15,17H,5-9H2,1-4H3. The molecule has 1 unspecified atom stereocenters. The molecule has 5 nitrogen and oxygen atoms in total. The molecule has 1 N–H and O–H groups in total. The third kappa shape index (κ3) is 4.15. The Kier molecular flexibility index (Phi) is 5.96. The molecule has 1 fully saturated rings. The summed E-state index contributed by atoms with van der Waals surface area (Å²) in [6.45, 7) is 8.50. The van der Waals surface area contributed by atoms with Gasteiger partial charge in [-0.3, -0.25) is 4.98 Å². The predicted octanol–water partition coefficient (Wildman–Crippen LogP) is 1.99. The third-order valence-corrected chi connectivity index (χ3v) is 3.85. The Hall–Kier alpha value is -1.17. The van der Waals surface area contributed by atoms with Crippen molar-refractivity contribution in [3.63, 3.8) is 0 Å². The quantitative estimate of drug-likeness (QED) is 0.833. The lowest BCUT2D eigenvalue weighted by Crippen LogP contribution is -2.35. The van der Waals surface area contributed by atoms with Gasteiger partial charge in [0, 0.05) is 41.9 Å². The van der Waals surface area contributed by atoms with Crippen LogP contribution in [0.5, 0.6) is 5.75 Å². The van der Waals surface area contributed by atoms with E-state index in [1.54, 1.807) is 7.11 Å². The summed E-state index contributed by atoms with van der Waals surface area (Å²) in [4.78, 5) is 4.58. The molecule has 0 radical (unpaired) electrons. The average Bonchev–Trinajstić information content (AvgIpc) is 2.96. The molecular formula is C16H26N2O3. The van der Waals surface area contributed by atoms with Crippen LogP contribution in [0, 0.1) is 13.8 Å². The Morgan fingerprint density at radius 2 is 2.10 bits per heavy atom. The van der Waals surface area contributed by atoms with Gasteiger partial charge in [0.15, 0.2) is 6.29 Å². The molecule has 118 valence electrons. The average molecular weight is 294 g/mol. The topological polar surface area (TPSA) is 52.6 Å². The molecule has 2 rings (SSSR count). The number of aryl methyl sites for hydroxylation is 1. The Bertz CT molecular complexity index is 459. The summed E-state index contributed by atoms with van der Waals surface area (Å²) < 4.78 is 16.6. The summed E-state index contributed by atoms with van der Waals surface area (Å²) in [6, 6.07) is 0.289. The molecule has 0 aliphatic carbocycles. The molecule has 1 saturated heterocycles. The molecule has 1 aromatic heterocycles. The summed E-state index contributed by atoms with van der Waals surface area (Å²) in [5.74, 6) is 0.934. The lowest BCUT2D eigenvalue weighted by Gasteiger charge is -2.22. The zero-order chi connectivity index (χ0) is 15.2. The fraction of sp³-hybridized carbons (Fsp3) is 0.688. The van der Waals surface area contributed by atoms with E-state index in [2.05, 4.69) is 24.1 Å². The fourth-order valence-corrected chi connectivity index (χ4v) is 2.81. The van der Waals surface area contributed by atoms with Crippen LogP contribution in [0.4, 0.5) is 0 Å². The van der Waals surface area contributed by atoms with Crippen LogP contribution < -0.4 is 10.1 Å². The minimum absolute atomic E-state index is 0.0956. The van der Waals surface area contributed by atoms with Gasteiger partial charge in [-0.05, 0) is 20.4 Å². The number of nitrogens with zero attached hydrogens (tertiary/aromatic N) is 1. The second-order valence-electron chi connectivity index (χ2n) is 5.41. The molecule has 1 aliphatic rings. The van der Waals surface area contributed by atoms with Crippen LogP contribution >= 0.6 is 0 Å². The Morgan fingerprint density at radius 3 is 2.71 bits per heavy atom. The normalized spacial score (nSPS) is 17.1. The Balaban J connectivity index is 2.08. The summed E-state index contributed by atoms with van der Waals surface area (Å²) in [7, 11) is 1.71. The van der Waals surface area contributed by atoms with Gasteiger partial charge in [-0.15, -0.1) is 0 Å². The molecule has 0 bridgehead atoms. The second kappa shape index (κ2) is 7.73. The number of hydrogen-bond donors (Lipinski definition) is 1. The van der Waals surface area contributed by atoms with Crippen molar-refractivity contribution < 1.29 is 14.2 Å². The number of methoxy groups -OCH3 is 1. The number of hydrogen-bond acceptors (Lipinski definition) is 5. The van der Waals surface area contributed by atoms with Crippen molar-refractivity contribution >= 4 is 0 Å². The zero-order valence-corrected chi connectivity index (χ0v) is 13.4. The number of likely N-dealkylation sites (N-methyl/N-ethyl adjacent to an activating group) is 1. The number of rotatable bonds is 7. The Labute approximate surface area is 127 Å². The molecule has 0 amide bonds. The maximum absolute atomic E-state index is 5.55. The minimum Gasteiger partial charge on any atom is -0.496 e. The molecule has 1 aliphatic heterocycles. The van der Waals surface area contributed by atoms with Gasteiger partial charge in [0.2, 0.25) is 0 Å². The summed E-state index contributed by atoms with van der Waals surface area (Å²) in [5, 5.41) is 3.50. The molecule has 0 spiro atoms. The minimum atomic E-state index is -0.0956. The molecule has 5 heteroatoms. The number of aromatic nitrogens is 1. The van der Waals surface area contributed by atoms with Gasteiger partial charge < -0.3 is 19.5 Å². The molecule has 21 heavy (non-hydrogen) atoms. The van der Waals surface area contributed by atoms with E-state index < -0.39 is 0 Å². The number of ether oxygens (including phenoxy) is 3. The van der Waals surface area contributed by atoms with Gasteiger partial charge >= 0.3 is 0 Å². The number of nitrogens with one attached hydrogen (secondary N) is 1. The highest BCUT2D eigenvalue weighted by molar-refractivity contribution is 5.41. The van der Waals surface area contributed by atoms with Crippen LogP contribution in [0.3, 0.4) is 0 Å². The van der Waals surface area contributed by atoms with E-state index in [1.165, 1.54) is 0 Å². The molecule has 0 saturated carbocycles. The van der Waals surface area contributed by atoms with Crippen LogP contribution in [0.1, 0.15) is 30.2 Å². The molecule has 1 aromatic rings. The van der Waals surface area contributed by atoms with Crippen molar-refractivity contribution in [1.82, 2.24) is 10.3 Å². The highest BCUT2D eigenvalue weighted by Gasteiger charge is 2.22. The van der Waals surface area contributed by atoms with E-state index in [0.29, 0.717) is 13.2 Å². The predicted molar refractivity (Wildman–Crippen MR) is 81.7 cm³/mol. The lowest BCUT2D eigenvalue weighted by molar-refractivity contribution is -0.0526. The monoisotopic (exact) mass is 294 g/mol. The first-order valence-electron chi connectivity index (χ1n) is 7.61. The van der Waals surface area contributed by atoms with Gasteiger partial charge in [0.25, 0.3) is 0 Å². The van der Waals surface area contributed by atoms with Crippen molar-refractivity contribution in [3.8, 4) is 5.75 Å². The van der Waals surface area contributed by atoms with Crippen LogP contribution in [-0.2, 0) is 15.9 Å². The summed E-state index contributed by atoms with van der Waals surface area (Å²) in [5.41, 5.74) is 3.26. The van der Waals surface area contributed by atoms with E-state index in [9.17, 15) is 0 Å². The highest BCUT2D eigenvalue weighted by Crippen LogP contribution is 2.25. The van der Waals surface area contributed by atoms with E-state index in [-0.39, 0.29) is 12.3 Å². The van der Waals surface area contributed by atoms with Crippen molar-refractivity contribution in [2.75, 3.05) is 26.9 Å². The van der Waals surface area contributed by atoms with E-state index in [0.717, 1.165) is 42.0 Å². The van der Waals surface area contributed by atoms with Gasteiger partial charge in [-0.25, -0.2) is 0 Å². The SMILES string of the molecule is CCNC(Cc1ncc(C)c(OC)c1C)CC1OCCO1. The smallest absolute Gasteiger partial charge is 0.159 e. The van der Waals surface area contributed by atoms with E-state index in [1.807, 2.05) is 13.1 Å². The first kappa shape index (κ1) is 16.2. The fourth-order valence-electron chi connectivity index (χ4n) is 2.81. The number of pyridine rings is 1.